The molecule has 2 nitrogen and oxygen atoms in total. The van der Waals surface area contributed by atoms with Crippen molar-refractivity contribution in [1.82, 2.24) is 10.3 Å². The fourth-order valence-electron chi connectivity index (χ4n) is 2.83. The Morgan fingerprint density at radius 1 is 1.56 bits per heavy atom. The average Bonchev–Trinajstić information content (AvgIpc) is 2.36. The van der Waals surface area contributed by atoms with Crippen molar-refractivity contribution in [2.75, 3.05) is 7.05 Å². The summed E-state index contributed by atoms with van der Waals surface area (Å²) >= 11 is 0. The second-order valence-electron chi connectivity index (χ2n) is 5.17. The van der Waals surface area contributed by atoms with Gasteiger partial charge in [-0.05, 0) is 43.9 Å². The van der Waals surface area contributed by atoms with Gasteiger partial charge in [0.15, 0.2) is 0 Å². The molecule has 2 rings (SSSR count). The SMILES string of the molecule is CNC(Cc1cccnc1)C1CCCC(F)(F)C1. The highest BCUT2D eigenvalue weighted by molar-refractivity contribution is 5.10. The van der Waals surface area contributed by atoms with Gasteiger partial charge in [-0.15, -0.1) is 0 Å². The van der Waals surface area contributed by atoms with E-state index in [-0.39, 0.29) is 24.8 Å². The van der Waals surface area contributed by atoms with Crippen LogP contribution in [0.2, 0.25) is 0 Å². The zero-order chi connectivity index (χ0) is 13.0. The summed E-state index contributed by atoms with van der Waals surface area (Å²) in [5.41, 5.74) is 1.10. The zero-order valence-electron chi connectivity index (χ0n) is 10.7. The molecule has 2 unspecified atom stereocenters. The van der Waals surface area contributed by atoms with E-state index >= 15 is 0 Å². The van der Waals surface area contributed by atoms with Crippen LogP contribution in [0, 0.1) is 5.92 Å². The molecule has 1 fully saturated rings. The summed E-state index contributed by atoms with van der Waals surface area (Å²) in [5, 5.41) is 3.20. The van der Waals surface area contributed by atoms with Crippen molar-refractivity contribution in [3.63, 3.8) is 0 Å². The average molecular weight is 254 g/mol. The van der Waals surface area contributed by atoms with Crippen LogP contribution in [0.25, 0.3) is 0 Å². The van der Waals surface area contributed by atoms with E-state index in [0.29, 0.717) is 6.42 Å². The summed E-state index contributed by atoms with van der Waals surface area (Å²) in [4.78, 5) is 4.07. The van der Waals surface area contributed by atoms with E-state index in [4.69, 9.17) is 0 Å². The van der Waals surface area contributed by atoms with Crippen molar-refractivity contribution < 1.29 is 8.78 Å². The molecule has 0 aliphatic heterocycles. The molecule has 100 valence electrons. The van der Waals surface area contributed by atoms with Gasteiger partial charge in [0.05, 0.1) is 0 Å². The third-order valence-corrected chi connectivity index (χ3v) is 3.80. The van der Waals surface area contributed by atoms with Gasteiger partial charge in [0.25, 0.3) is 0 Å². The first-order chi connectivity index (χ1) is 8.61. The molecule has 1 aliphatic carbocycles. The second kappa shape index (κ2) is 5.74. The summed E-state index contributed by atoms with van der Waals surface area (Å²) in [5.74, 6) is -2.42. The number of aromatic nitrogens is 1. The first kappa shape index (κ1) is 13.4. The number of nitrogens with one attached hydrogen (secondary N) is 1. The molecule has 1 aromatic rings. The third-order valence-electron chi connectivity index (χ3n) is 3.80. The Kier molecular flexibility index (Phi) is 4.27. The minimum Gasteiger partial charge on any atom is -0.316 e. The maximum atomic E-state index is 13.4. The molecule has 1 aliphatic rings. The molecule has 18 heavy (non-hydrogen) atoms. The van der Waals surface area contributed by atoms with Crippen molar-refractivity contribution in [3.8, 4) is 0 Å². The van der Waals surface area contributed by atoms with Crippen molar-refractivity contribution in [2.45, 2.75) is 44.1 Å². The van der Waals surface area contributed by atoms with E-state index in [9.17, 15) is 8.78 Å². The van der Waals surface area contributed by atoms with Crippen molar-refractivity contribution in [1.29, 1.82) is 0 Å². The number of alkyl halides is 2. The normalized spacial score (nSPS) is 24.7. The highest BCUT2D eigenvalue weighted by Gasteiger charge is 2.38. The smallest absolute Gasteiger partial charge is 0.248 e. The van der Waals surface area contributed by atoms with Gasteiger partial charge in [-0.2, -0.15) is 0 Å². The van der Waals surface area contributed by atoms with Crippen LogP contribution in [-0.4, -0.2) is 24.0 Å². The first-order valence-electron chi connectivity index (χ1n) is 6.55. The van der Waals surface area contributed by atoms with Crippen LogP contribution in [0.1, 0.15) is 31.2 Å². The number of nitrogens with zero attached hydrogens (tertiary/aromatic N) is 1. The van der Waals surface area contributed by atoms with Gasteiger partial charge >= 0.3 is 0 Å². The fourth-order valence-corrected chi connectivity index (χ4v) is 2.83. The lowest BCUT2D eigenvalue weighted by Gasteiger charge is -2.34. The van der Waals surface area contributed by atoms with E-state index in [1.165, 1.54) is 0 Å². The van der Waals surface area contributed by atoms with Crippen molar-refractivity contribution in [2.24, 2.45) is 5.92 Å². The molecule has 0 saturated heterocycles. The van der Waals surface area contributed by atoms with Crippen LogP contribution in [0.5, 0.6) is 0 Å². The van der Waals surface area contributed by atoms with Crippen LogP contribution >= 0.6 is 0 Å². The maximum absolute atomic E-state index is 13.4. The Balaban J connectivity index is 2.00. The Morgan fingerprint density at radius 3 is 3.00 bits per heavy atom. The quantitative estimate of drug-likeness (QED) is 0.893. The summed E-state index contributed by atoms with van der Waals surface area (Å²) in [6.45, 7) is 0. The Morgan fingerprint density at radius 2 is 2.39 bits per heavy atom. The summed E-state index contributed by atoms with van der Waals surface area (Å²) in [6, 6.07) is 4.00. The highest BCUT2D eigenvalue weighted by Crippen LogP contribution is 2.38. The van der Waals surface area contributed by atoms with Gasteiger partial charge in [0.2, 0.25) is 5.92 Å². The molecule has 1 saturated carbocycles. The Bertz CT molecular complexity index is 367. The standard InChI is InChI=1S/C14H20F2N2/c1-17-13(8-11-4-3-7-18-10-11)12-5-2-6-14(15,16)9-12/h3-4,7,10,12-13,17H,2,5-6,8-9H2,1H3. The fraction of sp³-hybridized carbons (Fsp3) is 0.643. The minimum atomic E-state index is -2.48. The van der Waals surface area contributed by atoms with E-state index < -0.39 is 5.92 Å². The molecule has 0 amide bonds. The lowest BCUT2D eigenvalue weighted by Crippen LogP contribution is -2.41. The summed E-state index contributed by atoms with van der Waals surface area (Å²) in [6.07, 6.45) is 5.89. The molecule has 4 heteroatoms. The van der Waals surface area contributed by atoms with Gasteiger partial charge in [-0.1, -0.05) is 6.07 Å². The summed E-state index contributed by atoms with van der Waals surface area (Å²) in [7, 11) is 1.85. The van der Waals surface area contributed by atoms with Gasteiger partial charge < -0.3 is 5.32 Å². The molecule has 0 bridgehead atoms. The van der Waals surface area contributed by atoms with Gasteiger partial charge in [-0.3, -0.25) is 4.98 Å². The molecule has 1 aromatic heterocycles. The van der Waals surface area contributed by atoms with Crippen LogP contribution in [0.3, 0.4) is 0 Å². The number of hydrogen-bond donors (Lipinski definition) is 1. The highest BCUT2D eigenvalue weighted by atomic mass is 19.3. The number of likely N-dealkylation sites (N-methyl/N-ethyl adjacent to an activating group) is 1. The number of hydrogen-bond acceptors (Lipinski definition) is 2. The minimum absolute atomic E-state index is 0.0127. The molecule has 0 aromatic carbocycles. The van der Waals surface area contributed by atoms with E-state index in [2.05, 4.69) is 10.3 Å². The van der Waals surface area contributed by atoms with Crippen molar-refractivity contribution in [3.05, 3.63) is 30.1 Å². The lowest BCUT2D eigenvalue weighted by atomic mass is 9.80. The van der Waals surface area contributed by atoms with Crippen molar-refractivity contribution >= 4 is 0 Å². The van der Waals surface area contributed by atoms with E-state index in [0.717, 1.165) is 18.4 Å². The molecular weight excluding hydrogens is 234 g/mol. The molecule has 0 spiro atoms. The second-order valence-corrected chi connectivity index (χ2v) is 5.17. The molecule has 1 heterocycles. The molecule has 1 N–H and O–H groups in total. The molecule has 2 atom stereocenters. The van der Waals surface area contributed by atoms with E-state index in [1.54, 1.807) is 6.20 Å². The topological polar surface area (TPSA) is 24.9 Å². The Hall–Kier alpha value is -1.03. The monoisotopic (exact) mass is 254 g/mol. The zero-order valence-corrected chi connectivity index (χ0v) is 10.7. The van der Waals surface area contributed by atoms with Crippen LogP contribution in [0.15, 0.2) is 24.5 Å². The number of rotatable bonds is 4. The molecule has 0 radical (unpaired) electrons. The first-order valence-corrected chi connectivity index (χ1v) is 6.55. The van der Waals surface area contributed by atoms with Crippen LogP contribution in [0.4, 0.5) is 8.78 Å². The number of pyridine rings is 1. The Labute approximate surface area is 107 Å². The van der Waals surface area contributed by atoms with Crippen LogP contribution in [-0.2, 0) is 6.42 Å². The molecular formula is C14H20F2N2. The predicted molar refractivity (Wildman–Crippen MR) is 67.7 cm³/mol. The summed E-state index contributed by atoms with van der Waals surface area (Å²) < 4.78 is 26.9. The maximum Gasteiger partial charge on any atom is 0.248 e. The third kappa shape index (κ3) is 3.48. The van der Waals surface area contributed by atoms with Gasteiger partial charge in [0.1, 0.15) is 0 Å². The van der Waals surface area contributed by atoms with Crippen LogP contribution < -0.4 is 5.32 Å². The van der Waals surface area contributed by atoms with Gasteiger partial charge in [-0.25, -0.2) is 8.78 Å². The number of halogens is 2. The van der Waals surface area contributed by atoms with Gasteiger partial charge in [0, 0.05) is 31.3 Å². The predicted octanol–water partition coefficient (Wildman–Crippen LogP) is 3.04. The van der Waals surface area contributed by atoms with E-state index in [1.807, 2.05) is 25.4 Å². The largest absolute Gasteiger partial charge is 0.316 e. The lowest BCUT2D eigenvalue weighted by molar-refractivity contribution is -0.0577.